The van der Waals surface area contributed by atoms with Crippen LogP contribution >= 0.6 is 11.6 Å². The molecule has 1 atom stereocenters. The monoisotopic (exact) mass is 339 g/mol. The molecule has 1 N–H and O–H groups in total. The van der Waals surface area contributed by atoms with E-state index in [2.05, 4.69) is 5.32 Å². The predicted molar refractivity (Wildman–Crippen MR) is 98.7 cm³/mol. The van der Waals surface area contributed by atoms with Gasteiger partial charge < -0.3 is 10.1 Å². The minimum Gasteiger partial charge on any atom is -0.479 e. The number of hydrogen-bond donors (Lipinski definition) is 1. The Morgan fingerprint density at radius 3 is 2.50 bits per heavy atom. The molecule has 3 aromatic carbocycles. The average molecular weight is 340 g/mol. The van der Waals surface area contributed by atoms with Gasteiger partial charge in [0.25, 0.3) is 5.91 Å². The molecule has 122 valence electrons. The summed E-state index contributed by atoms with van der Waals surface area (Å²) < 4.78 is 5.77. The van der Waals surface area contributed by atoms with Crippen LogP contribution in [0.3, 0.4) is 0 Å². The molecule has 0 bridgehead atoms. The maximum atomic E-state index is 12.5. The second kappa shape index (κ2) is 7.37. The number of ether oxygens (including phenoxy) is 1. The lowest BCUT2D eigenvalue weighted by atomic mass is 10.1. The lowest BCUT2D eigenvalue weighted by molar-refractivity contribution is -0.122. The fourth-order valence-electron chi connectivity index (χ4n) is 2.51. The SMILES string of the molecule is CC[C@@H](Oc1ccccc1Cl)C(=O)Nc1ccc2ccccc2c1. The van der Waals surface area contributed by atoms with Crippen molar-refractivity contribution in [3.8, 4) is 5.75 Å². The average Bonchev–Trinajstić information content (AvgIpc) is 2.61. The topological polar surface area (TPSA) is 38.3 Å². The van der Waals surface area contributed by atoms with E-state index in [1.165, 1.54) is 0 Å². The van der Waals surface area contributed by atoms with Crippen LogP contribution in [0.5, 0.6) is 5.75 Å². The van der Waals surface area contributed by atoms with Crippen molar-refractivity contribution >= 4 is 34.0 Å². The Labute approximate surface area is 146 Å². The quantitative estimate of drug-likeness (QED) is 0.686. The normalized spacial score (nSPS) is 11.9. The van der Waals surface area contributed by atoms with Crippen LogP contribution in [0.25, 0.3) is 10.8 Å². The minimum absolute atomic E-state index is 0.187. The molecular weight excluding hydrogens is 322 g/mol. The molecule has 0 heterocycles. The summed E-state index contributed by atoms with van der Waals surface area (Å²) in [5, 5.41) is 5.63. The number of anilines is 1. The molecule has 0 aliphatic rings. The Hall–Kier alpha value is -2.52. The highest BCUT2D eigenvalue weighted by molar-refractivity contribution is 6.32. The lowest BCUT2D eigenvalue weighted by Gasteiger charge is -2.18. The van der Waals surface area contributed by atoms with Crippen molar-refractivity contribution in [1.82, 2.24) is 0 Å². The summed E-state index contributed by atoms with van der Waals surface area (Å²) in [6, 6.07) is 21.0. The third-order valence-electron chi connectivity index (χ3n) is 3.79. The molecule has 0 fully saturated rings. The summed E-state index contributed by atoms with van der Waals surface area (Å²) in [7, 11) is 0. The van der Waals surface area contributed by atoms with Gasteiger partial charge in [0.1, 0.15) is 5.75 Å². The van der Waals surface area contributed by atoms with Gasteiger partial charge in [-0.2, -0.15) is 0 Å². The summed E-state index contributed by atoms with van der Waals surface area (Å²) in [4.78, 5) is 12.5. The predicted octanol–water partition coefficient (Wildman–Crippen LogP) is 5.29. The maximum absolute atomic E-state index is 12.5. The van der Waals surface area contributed by atoms with Gasteiger partial charge in [-0.1, -0.05) is 61.0 Å². The fourth-order valence-corrected chi connectivity index (χ4v) is 2.69. The Kier molecular flexibility index (Phi) is 5.02. The molecule has 3 rings (SSSR count). The second-order valence-electron chi connectivity index (χ2n) is 5.50. The molecule has 3 aromatic rings. The molecule has 0 saturated carbocycles. The Morgan fingerprint density at radius 2 is 1.75 bits per heavy atom. The first-order valence-corrected chi connectivity index (χ1v) is 8.26. The number of amides is 1. The van der Waals surface area contributed by atoms with Gasteiger partial charge in [-0.05, 0) is 41.5 Å². The second-order valence-corrected chi connectivity index (χ2v) is 5.90. The molecule has 4 heteroatoms. The first-order valence-electron chi connectivity index (χ1n) is 7.88. The third-order valence-corrected chi connectivity index (χ3v) is 4.10. The number of fused-ring (bicyclic) bond motifs is 1. The summed E-state index contributed by atoms with van der Waals surface area (Å²) in [5.74, 6) is 0.326. The van der Waals surface area contributed by atoms with E-state index in [1.807, 2.05) is 61.5 Å². The molecule has 0 aliphatic carbocycles. The fraction of sp³-hybridized carbons (Fsp3) is 0.150. The van der Waals surface area contributed by atoms with Gasteiger partial charge in [0, 0.05) is 5.69 Å². The molecule has 0 aliphatic heterocycles. The molecule has 0 aromatic heterocycles. The number of carbonyl (C=O) groups is 1. The van der Waals surface area contributed by atoms with Crippen LogP contribution in [0.1, 0.15) is 13.3 Å². The largest absolute Gasteiger partial charge is 0.479 e. The molecular formula is C20H18ClNO2. The van der Waals surface area contributed by atoms with E-state index in [0.717, 1.165) is 16.5 Å². The van der Waals surface area contributed by atoms with Crippen LogP contribution < -0.4 is 10.1 Å². The third kappa shape index (κ3) is 3.69. The highest BCUT2D eigenvalue weighted by Gasteiger charge is 2.19. The molecule has 0 unspecified atom stereocenters. The minimum atomic E-state index is -0.601. The number of carbonyl (C=O) groups excluding carboxylic acids is 1. The van der Waals surface area contributed by atoms with Crippen LogP contribution in [0.15, 0.2) is 66.7 Å². The zero-order chi connectivity index (χ0) is 16.9. The first-order chi connectivity index (χ1) is 11.7. The van der Waals surface area contributed by atoms with Crippen molar-refractivity contribution < 1.29 is 9.53 Å². The summed E-state index contributed by atoms with van der Waals surface area (Å²) >= 11 is 6.10. The Balaban J connectivity index is 1.75. The highest BCUT2D eigenvalue weighted by Crippen LogP contribution is 2.25. The maximum Gasteiger partial charge on any atom is 0.265 e. The zero-order valence-corrected chi connectivity index (χ0v) is 14.1. The molecule has 0 radical (unpaired) electrons. The van der Waals surface area contributed by atoms with E-state index in [1.54, 1.807) is 12.1 Å². The van der Waals surface area contributed by atoms with E-state index < -0.39 is 6.10 Å². The van der Waals surface area contributed by atoms with E-state index in [9.17, 15) is 4.79 Å². The molecule has 24 heavy (non-hydrogen) atoms. The lowest BCUT2D eigenvalue weighted by Crippen LogP contribution is -2.32. The van der Waals surface area contributed by atoms with Crippen LogP contribution in [0, 0.1) is 0 Å². The van der Waals surface area contributed by atoms with Crippen LogP contribution in [-0.2, 0) is 4.79 Å². The number of halogens is 1. The highest BCUT2D eigenvalue weighted by atomic mass is 35.5. The van der Waals surface area contributed by atoms with Crippen LogP contribution in [0.2, 0.25) is 5.02 Å². The van der Waals surface area contributed by atoms with Gasteiger partial charge in [-0.25, -0.2) is 0 Å². The molecule has 0 spiro atoms. The standard InChI is InChI=1S/C20H18ClNO2/c1-2-18(24-19-10-6-5-9-17(19)21)20(23)22-16-12-11-14-7-3-4-8-15(14)13-16/h3-13,18H,2H2,1H3,(H,22,23)/t18-/m1/s1. The van der Waals surface area contributed by atoms with Crippen LogP contribution in [-0.4, -0.2) is 12.0 Å². The van der Waals surface area contributed by atoms with Gasteiger partial charge in [-0.15, -0.1) is 0 Å². The number of hydrogen-bond acceptors (Lipinski definition) is 2. The molecule has 1 amide bonds. The van der Waals surface area contributed by atoms with Crippen LogP contribution in [0.4, 0.5) is 5.69 Å². The van der Waals surface area contributed by atoms with Gasteiger partial charge >= 0.3 is 0 Å². The van der Waals surface area contributed by atoms with Gasteiger partial charge in [0.2, 0.25) is 0 Å². The first kappa shape index (κ1) is 16.3. The van der Waals surface area contributed by atoms with Crippen molar-refractivity contribution in [3.05, 3.63) is 71.8 Å². The number of para-hydroxylation sites is 1. The molecule has 3 nitrogen and oxygen atoms in total. The summed E-state index contributed by atoms with van der Waals surface area (Å²) in [6.07, 6.45) is -0.0543. The Bertz CT molecular complexity index is 863. The summed E-state index contributed by atoms with van der Waals surface area (Å²) in [6.45, 7) is 1.90. The van der Waals surface area contributed by atoms with Gasteiger partial charge in [0.05, 0.1) is 5.02 Å². The molecule has 0 saturated heterocycles. The number of benzene rings is 3. The van der Waals surface area contributed by atoms with Crippen molar-refractivity contribution in [2.45, 2.75) is 19.4 Å². The van der Waals surface area contributed by atoms with Crippen molar-refractivity contribution in [1.29, 1.82) is 0 Å². The van der Waals surface area contributed by atoms with E-state index in [0.29, 0.717) is 17.2 Å². The van der Waals surface area contributed by atoms with Crippen molar-refractivity contribution in [2.24, 2.45) is 0 Å². The van der Waals surface area contributed by atoms with E-state index in [-0.39, 0.29) is 5.91 Å². The zero-order valence-electron chi connectivity index (χ0n) is 13.3. The van der Waals surface area contributed by atoms with E-state index in [4.69, 9.17) is 16.3 Å². The van der Waals surface area contributed by atoms with Gasteiger partial charge in [-0.3, -0.25) is 4.79 Å². The summed E-state index contributed by atoms with van der Waals surface area (Å²) in [5.41, 5.74) is 0.750. The van der Waals surface area contributed by atoms with Crippen molar-refractivity contribution in [2.75, 3.05) is 5.32 Å². The number of rotatable bonds is 5. The Morgan fingerprint density at radius 1 is 1.04 bits per heavy atom. The smallest absolute Gasteiger partial charge is 0.265 e. The van der Waals surface area contributed by atoms with E-state index >= 15 is 0 Å². The van der Waals surface area contributed by atoms with Crippen molar-refractivity contribution in [3.63, 3.8) is 0 Å². The number of nitrogens with one attached hydrogen (secondary N) is 1. The van der Waals surface area contributed by atoms with Gasteiger partial charge in [0.15, 0.2) is 6.10 Å².